The largest absolute Gasteiger partial charge is 0.0843 e. The second-order valence-corrected chi connectivity index (χ2v) is 8.63. The summed E-state index contributed by atoms with van der Waals surface area (Å²) in [7, 11) is 0. The number of hydrogen-bond acceptors (Lipinski definition) is 0. The molecule has 1 aliphatic carbocycles. The molecule has 0 saturated carbocycles. The number of halogens is 2. The predicted octanol–water partition coefficient (Wildman–Crippen LogP) is 7.77. The van der Waals surface area contributed by atoms with Crippen LogP contribution in [0.2, 0.25) is 5.02 Å². The molecule has 0 unspecified atom stereocenters. The lowest BCUT2D eigenvalue weighted by atomic mass is 9.67. The third-order valence-electron chi connectivity index (χ3n) is 5.70. The number of aryl methyl sites for hydroxylation is 1. The van der Waals surface area contributed by atoms with Gasteiger partial charge in [0.1, 0.15) is 0 Å². The smallest absolute Gasteiger partial charge is 0.0725 e. The third kappa shape index (κ3) is 2.43. The summed E-state index contributed by atoms with van der Waals surface area (Å²) in [4.78, 5) is 0. The standard InChI is InChI=1S/C26H18BrCl/c1-17-14-22-21-13-12-20(28)16-23(21)26(25(22)24(27)15-17,18-8-4-2-5-9-18)19-10-6-3-7-11-19/h2-16H,1H3. The average Bonchev–Trinajstić information content (AvgIpc) is 3.00. The number of rotatable bonds is 2. The molecule has 0 radical (unpaired) electrons. The molecule has 0 heterocycles. The van der Waals surface area contributed by atoms with Gasteiger partial charge in [0.2, 0.25) is 0 Å². The van der Waals surface area contributed by atoms with Crippen LogP contribution in [0.1, 0.15) is 27.8 Å². The molecule has 0 nitrogen and oxygen atoms in total. The lowest BCUT2D eigenvalue weighted by Gasteiger charge is -2.34. The van der Waals surface area contributed by atoms with Crippen molar-refractivity contribution in [3.63, 3.8) is 0 Å². The fourth-order valence-corrected chi connectivity index (χ4v) is 5.72. The molecule has 0 bridgehead atoms. The maximum atomic E-state index is 6.53. The van der Waals surface area contributed by atoms with Crippen molar-refractivity contribution in [1.82, 2.24) is 0 Å². The van der Waals surface area contributed by atoms with E-state index in [4.69, 9.17) is 11.6 Å². The molecule has 0 N–H and O–H groups in total. The Hall–Kier alpha value is -2.35. The molecule has 0 fully saturated rings. The van der Waals surface area contributed by atoms with Gasteiger partial charge in [-0.1, -0.05) is 100 Å². The van der Waals surface area contributed by atoms with Crippen LogP contribution in [0.5, 0.6) is 0 Å². The van der Waals surface area contributed by atoms with E-state index in [-0.39, 0.29) is 0 Å². The van der Waals surface area contributed by atoms with Crippen molar-refractivity contribution in [2.45, 2.75) is 12.3 Å². The van der Waals surface area contributed by atoms with Crippen LogP contribution in [-0.2, 0) is 5.41 Å². The molecule has 0 spiro atoms. The monoisotopic (exact) mass is 444 g/mol. The summed E-state index contributed by atoms with van der Waals surface area (Å²) < 4.78 is 1.13. The number of benzene rings is 4. The Kier molecular flexibility index (Phi) is 4.19. The lowest BCUT2D eigenvalue weighted by Crippen LogP contribution is -2.29. The molecule has 4 aromatic carbocycles. The Balaban J connectivity index is 2.02. The highest BCUT2D eigenvalue weighted by Crippen LogP contribution is 2.58. The van der Waals surface area contributed by atoms with E-state index in [2.05, 4.69) is 108 Å². The zero-order valence-corrected chi connectivity index (χ0v) is 17.8. The summed E-state index contributed by atoms with van der Waals surface area (Å²) in [5.41, 5.74) is 8.35. The van der Waals surface area contributed by atoms with Crippen molar-refractivity contribution in [2.24, 2.45) is 0 Å². The third-order valence-corrected chi connectivity index (χ3v) is 6.56. The highest BCUT2D eigenvalue weighted by atomic mass is 79.9. The van der Waals surface area contributed by atoms with Crippen LogP contribution in [0, 0.1) is 6.92 Å². The molecule has 5 rings (SSSR count). The average molecular weight is 446 g/mol. The maximum Gasteiger partial charge on any atom is 0.0725 e. The van der Waals surface area contributed by atoms with Gasteiger partial charge in [-0.25, -0.2) is 0 Å². The van der Waals surface area contributed by atoms with Gasteiger partial charge in [0.25, 0.3) is 0 Å². The summed E-state index contributed by atoms with van der Waals surface area (Å²) in [5, 5.41) is 0.760. The van der Waals surface area contributed by atoms with Crippen LogP contribution in [0.15, 0.2) is 95.5 Å². The SMILES string of the molecule is Cc1cc(Br)c2c(c1)-c1ccc(Cl)cc1C2(c1ccccc1)c1ccccc1. The Morgan fingerprint density at radius 2 is 1.32 bits per heavy atom. The van der Waals surface area contributed by atoms with E-state index in [9.17, 15) is 0 Å². The molecule has 28 heavy (non-hydrogen) atoms. The van der Waals surface area contributed by atoms with Crippen molar-refractivity contribution in [1.29, 1.82) is 0 Å². The van der Waals surface area contributed by atoms with E-state index in [1.165, 1.54) is 38.9 Å². The molecule has 0 atom stereocenters. The van der Waals surface area contributed by atoms with Gasteiger partial charge in [0, 0.05) is 9.50 Å². The van der Waals surface area contributed by atoms with Gasteiger partial charge >= 0.3 is 0 Å². The quantitative estimate of drug-likeness (QED) is 0.260. The van der Waals surface area contributed by atoms with Crippen LogP contribution in [0.25, 0.3) is 11.1 Å². The first-order valence-corrected chi connectivity index (χ1v) is 10.5. The van der Waals surface area contributed by atoms with Crippen LogP contribution < -0.4 is 0 Å². The summed E-state index contributed by atoms with van der Waals surface area (Å²) in [6.45, 7) is 2.14. The van der Waals surface area contributed by atoms with Gasteiger partial charge < -0.3 is 0 Å². The Bertz CT molecular complexity index is 1140. The van der Waals surface area contributed by atoms with E-state index in [0.29, 0.717) is 0 Å². The minimum atomic E-state index is -0.412. The van der Waals surface area contributed by atoms with Gasteiger partial charge in [0.15, 0.2) is 0 Å². The van der Waals surface area contributed by atoms with Crippen molar-refractivity contribution < 1.29 is 0 Å². The Morgan fingerprint density at radius 1 is 0.714 bits per heavy atom. The fourth-order valence-electron chi connectivity index (χ4n) is 4.67. The van der Waals surface area contributed by atoms with E-state index in [1.54, 1.807) is 0 Å². The molecule has 0 amide bonds. The Morgan fingerprint density at radius 3 is 1.93 bits per heavy atom. The minimum absolute atomic E-state index is 0.412. The molecule has 0 saturated heterocycles. The molecule has 0 aliphatic heterocycles. The topological polar surface area (TPSA) is 0 Å². The molecular formula is C26H18BrCl. The predicted molar refractivity (Wildman–Crippen MR) is 121 cm³/mol. The van der Waals surface area contributed by atoms with Crippen LogP contribution in [-0.4, -0.2) is 0 Å². The van der Waals surface area contributed by atoms with Crippen molar-refractivity contribution in [2.75, 3.05) is 0 Å². The zero-order valence-electron chi connectivity index (χ0n) is 15.4. The molecule has 2 heteroatoms. The van der Waals surface area contributed by atoms with Crippen LogP contribution in [0.4, 0.5) is 0 Å². The van der Waals surface area contributed by atoms with Crippen LogP contribution >= 0.6 is 27.5 Å². The van der Waals surface area contributed by atoms with E-state index in [0.717, 1.165) is 9.50 Å². The minimum Gasteiger partial charge on any atom is -0.0843 e. The van der Waals surface area contributed by atoms with E-state index in [1.807, 2.05) is 6.07 Å². The highest BCUT2D eigenvalue weighted by molar-refractivity contribution is 9.10. The van der Waals surface area contributed by atoms with Gasteiger partial charge in [-0.2, -0.15) is 0 Å². The lowest BCUT2D eigenvalue weighted by molar-refractivity contribution is 0.764. The van der Waals surface area contributed by atoms with E-state index < -0.39 is 5.41 Å². The fraction of sp³-hybridized carbons (Fsp3) is 0.0769. The summed E-state index contributed by atoms with van der Waals surface area (Å²) in [6, 6.07) is 32.3. The first-order chi connectivity index (χ1) is 13.6. The Labute approximate surface area is 178 Å². The second kappa shape index (κ2) is 6.62. The maximum absolute atomic E-state index is 6.53. The summed E-state index contributed by atoms with van der Waals surface area (Å²) in [5.74, 6) is 0. The summed E-state index contributed by atoms with van der Waals surface area (Å²) >= 11 is 10.4. The first-order valence-electron chi connectivity index (χ1n) is 9.34. The van der Waals surface area contributed by atoms with Crippen molar-refractivity contribution in [3.05, 3.63) is 128 Å². The summed E-state index contributed by atoms with van der Waals surface area (Å²) in [6.07, 6.45) is 0. The first kappa shape index (κ1) is 17.7. The second-order valence-electron chi connectivity index (χ2n) is 7.34. The normalized spacial score (nSPS) is 13.8. The van der Waals surface area contributed by atoms with E-state index >= 15 is 0 Å². The molecule has 4 aromatic rings. The van der Waals surface area contributed by atoms with Gasteiger partial charge in [-0.3, -0.25) is 0 Å². The molecule has 1 aliphatic rings. The number of fused-ring (bicyclic) bond motifs is 3. The zero-order chi connectivity index (χ0) is 19.3. The number of hydrogen-bond donors (Lipinski definition) is 0. The van der Waals surface area contributed by atoms with Crippen molar-refractivity contribution >= 4 is 27.5 Å². The van der Waals surface area contributed by atoms with Crippen LogP contribution in [0.3, 0.4) is 0 Å². The van der Waals surface area contributed by atoms with Gasteiger partial charge in [0.05, 0.1) is 5.41 Å². The molecule has 136 valence electrons. The van der Waals surface area contributed by atoms with Gasteiger partial charge in [-0.05, 0) is 64.1 Å². The van der Waals surface area contributed by atoms with Gasteiger partial charge in [-0.15, -0.1) is 0 Å². The molecule has 0 aromatic heterocycles. The highest BCUT2D eigenvalue weighted by Gasteiger charge is 2.47. The van der Waals surface area contributed by atoms with Crippen molar-refractivity contribution in [3.8, 4) is 11.1 Å². The molecular weight excluding hydrogens is 428 g/mol.